The van der Waals surface area contributed by atoms with Crippen molar-refractivity contribution in [1.82, 2.24) is 16.2 Å². The SMILES string of the molecule is CCOc1ccc(/C=C/C(=O)NC(=S)NNC(=O)COc2ccccc2C)cc1. The third kappa shape index (κ3) is 8.02. The van der Waals surface area contributed by atoms with Gasteiger partial charge in [-0.2, -0.15) is 0 Å². The molecule has 0 unspecified atom stereocenters. The van der Waals surface area contributed by atoms with Crippen molar-refractivity contribution in [3.8, 4) is 11.5 Å². The van der Waals surface area contributed by atoms with Gasteiger partial charge in [0.1, 0.15) is 11.5 Å². The second-order valence-corrected chi connectivity index (χ2v) is 6.29. The van der Waals surface area contributed by atoms with Gasteiger partial charge in [-0.25, -0.2) is 0 Å². The highest BCUT2D eigenvalue weighted by Crippen LogP contribution is 2.15. The number of thiocarbonyl (C=S) groups is 1. The van der Waals surface area contributed by atoms with Crippen LogP contribution in [0.3, 0.4) is 0 Å². The Labute approximate surface area is 175 Å². The number of nitrogens with one attached hydrogen (secondary N) is 3. The molecule has 0 saturated heterocycles. The number of carbonyl (C=O) groups is 2. The van der Waals surface area contributed by atoms with Crippen LogP contribution >= 0.6 is 12.2 Å². The Morgan fingerprint density at radius 1 is 1.03 bits per heavy atom. The number of carbonyl (C=O) groups excluding carboxylic acids is 2. The van der Waals surface area contributed by atoms with Crippen LogP contribution in [0, 0.1) is 6.92 Å². The van der Waals surface area contributed by atoms with Crippen LogP contribution in [-0.2, 0) is 9.59 Å². The normalized spacial score (nSPS) is 10.3. The van der Waals surface area contributed by atoms with Crippen LogP contribution in [0.15, 0.2) is 54.6 Å². The summed E-state index contributed by atoms with van der Waals surface area (Å²) in [7, 11) is 0. The van der Waals surface area contributed by atoms with E-state index in [2.05, 4.69) is 16.2 Å². The molecule has 0 aromatic heterocycles. The fourth-order valence-corrected chi connectivity index (χ4v) is 2.37. The third-order valence-corrected chi connectivity index (χ3v) is 3.83. The number of hydrogen-bond acceptors (Lipinski definition) is 5. The van der Waals surface area contributed by atoms with E-state index in [4.69, 9.17) is 21.7 Å². The predicted molar refractivity (Wildman–Crippen MR) is 115 cm³/mol. The second kappa shape index (κ2) is 11.5. The molecule has 0 radical (unpaired) electrons. The minimum Gasteiger partial charge on any atom is -0.494 e. The average molecular weight is 413 g/mol. The van der Waals surface area contributed by atoms with Gasteiger partial charge < -0.3 is 9.47 Å². The summed E-state index contributed by atoms with van der Waals surface area (Å²) >= 11 is 4.98. The van der Waals surface area contributed by atoms with Gasteiger partial charge in [0, 0.05) is 6.08 Å². The highest BCUT2D eigenvalue weighted by Gasteiger charge is 2.06. The van der Waals surface area contributed by atoms with Crippen molar-refractivity contribution in [2.45, 2.75) is 13.8 Å². The molecule has 152 valence electrons. The molecule has 2 aromatic carbocycles. The monoisotopic (exact) mass is 413 g/mol. The summed E-state index contributed by atoms with van der Waals surface area (Å²) in [5.41, 5.74) is 6.58. The van der Waals surface area contributed by atoms with Crippen molar-refractivity contribution in [2.75, 3.05) is 13.2 Å². The standard InChI is InChI=1S/C21H23N3O4S/c1-3-27-17-11-8-16(9-12-17)10-13-19(25)22-21(29)24-23-20(26)14-28-18-7-5-4-6-15(18)2/h4-13H,3,14H2,1-2H3,(H,23,26)(H2,22,24,25,29)/b13-10+. The Balaban J connectivity index is 1.70. The molecule has 0 saturated carbocycles. The highest BCUT2D eigenvalue weighted by atomic mass is 32.1. The summed E-state index contributed by atoms with van der Waals surface area (Å²) in [6, 6.07) is 14.7. The lowest BCUT2D eigenvalue weighted by molar-refractivity contribution is -0.123. The van der Waals surface area contributed by atoms with Crippen LogP contribution in [0.25, 0.3) is 6.08 Å². The molecule has 0 aliphatic heterocycles. The largest absolute Gasteiger partial charge is 0.494 e. The van der Waals surface area contributed by atoms with Gasteiger partial charge in [-0.3, -0.25) is 25.8 Å². The zero-order valence-corrected chi connectivity index (χ0v) is 17.0. The van der Waals surface area contributed by atoms with Gasteiger partial charge in [-0.05, 0) is 61.5 Å². The summed E-state index contributed by atoms with van der Waals surface area (Å²) in [4.78, 5) is 23.7. The zero-order chi connectivity index (χ0) is 21.1. The summed E-state index contributed by atoms with van der Waals surface area (Å²) < 4.78 is 10.8. The predicted octanol–water partition coefficient (Wildman–Crippen LogP) is 2.51. The van der Waals surface area contributed by atoms with Crippen LogP contribution in [0.2, 0.25) is 0 Å². The number of benzene rings is 2. The fourth-order valence-electron chi connectivity index (χ4n) is 2.22. The third-order valence-electron chi connectivity index (χ3n) is 3.62. The van der Waals surface area contributed by atoms with E-state index in [1.807, 2.05) is 56.3 Å². The van der Waals surface area contributed by atoms with Gasteiger partial charge in [-0.15, -0.1) is 0 Å². The first-order valence-electron chi connectivity index (χ1n) is 8.97. The Morgan fingerprint density at radius 3 is 2.45 bits per heavy atom. The van der Waals surface area contributed by atoms with Crippen molar-refractivity contribution in [2.24, 2.45) is 0 Å². The molecular weight excluding hydrogens is 390 g/mol. The number of hydrazine groups is 1. The summed E-state index contributed by atoms with van der Waals surface area (Å²) in [5, 5.41) is 2.40. The molecule has 29 heavy (non-hydrogen) atoms. The molecule has 2 rings (SSSR count). The van der Waals surface area contributed by atoms with Crippen LogP contribution in [0.1, 0.15) is 18.1 Å². The van der Waals surface area contributed by atoms with Crippen molar-refractivity contribution < 1.29 is 19.1 Å². The molecule has 2 aromatic rings. The van der Waals surface area contributed by atoms with E-state index in [0.717, 1.165) is 16.9 Å². The van der Waals surface area contributed by atoms with Crippen molar-refractivity contribution in [3.05, 3.63) is 65.7 Å². The van der Waals surface area contributed by atoms with E-state index in [1.165, 1.54) is 6.08 Å². The topological polar surface area (TPSA) is 88.7 Å². The lowest BCUT2D eigenvalue weighted by Crippen LogP contribution is -2.49. The molecule has 0 aliphatic rings. The van der Waals surface area contributed by atoms with E-state index >= 15 is 0 Å². The Hall–Kier alpha value is -3.39. The van der Waals surface area contributed by atoms with Crippen molar-refractivity contribution in [3.63, 3.8) is 0 Å². The van der Waals surface area contributed by atoms with E-state index in [-0.39, 0.29) is 11.7 Å². The Bertz CT molecular complexity index is 882. The maximum Gasteiger partial charge on any atom is 0.276 e. The average Bonchev–Trinajstić information content (AvgIpc) is 2.71. The van der Waals surface area contributed by atoms with E-state index < -0.39 is 11.8 Å². The number of aryl methyl sites for hydroxylation is 1. The first-order chi connectivity index (χ1) is 14.0. The second-order valence-electron chi connectivity index (χ2n) is 5.88. The van der Waals surface area contributed by atoms with Gasteiger partial charge in [0.25, 0.3) is 5.91 Å². The molecule has 0 spiro atoms. The van der Waals surface area contributed by atoms with Crippen molar-refractivity contribution in [1.29, 1.82) is 0 Å². The minimum absolute atomic E-state index is 0.0319. The Kier molecular flexibility index (Phi) is 8.65. The van der Waals surface area contributed by atoms with E-state index in [0.29, 0.717) is 12.4 Å². The number of para-hydroxylation sites is 1. The van der Waals surface area contributed by atoms with Gasteiger partial charge in [-0.1, -0.05) is 30.3 Å². The molecule has 0 aliphatic carbocycles. The lowest BCUT2D eigenvalue weighted by atomic mass is 10.2. The number of hydrogen-bond donors (Lipinski definition) is 3. The smallest absolute Gasteiger partial charge is 0.276 e. The van der Waals surface area contributed by atoms with Gasteiger partial charge >= 0.3 is 0 Å². The van der Waals surface area contributed by atoms with Crippen LogP contribution in [0.5, 0.6) is 11.5 Å². The van der Waals surface area contributed by atoms with Gasteiger partial charge in [0.15, 0.2) is 11.7 Å². The first-order valence-corrected chi connectivity index (χ1v) is 9.38. The molecule has 0 heterocycles. The summed E-state index contributed by atoms with van der Waals surface area (Å²) in [5.74, 6) is 0.524. The summed E-state index contributed by atoms with van der Waals surface area (Å²) in [6.45, 7) is 4.20. The molecule has 0 atom stereocenters. The zero-order valence-electron chi connectivity index (χ0n) is 16.2. The van der Waals surface area contributed by atoms with Crippen molar-refractivity contribution >= 4 is 35.2 Å². The molecule has 7 nitrogen and oxygen atoms in total. The highest BCUT2D eigenvalue weighted by molar-refractivity contribution is 7.80. The van der Waals surface area contributed by atoms with E-state index in [1.54, 1.807) is 12.1 Å². The van der Waals surface area contributed by atoms with E-state index in [9.17, 15) is 9.59 Å². The van der Waals surface area contributed by atoms with Crippen LogP contribution in [-0.4, -0.2) is 30.1 Å². The number of ether oxygens (including phenoxy) is 2. The van der Waals surface area contributed by atoms with Crippen LogP contribution < -0.4 is 25.6 Å². The lowest BCUT2D eigenvalue weighted by Gasteiger charge is -2.11. The quantitative estimate of drug-likeness (QED) is 0.367. The molecule has 0 fully saturated rings. The molecule has 0 bridgehead atoms. The minimum atomic E-state index is -0.435. The number of rotatable bonds is 7. The molecule has 2 amide bonds. The fraction of sp³-hybridized carbons (Fsp3) is 0.190. The summed E-state index contributed by atoms with van der Waals surface area (Å²) in [6.07, 6.45) is 2.98. The first kappa shape index (κ1) is 21.9. The number of amides is 2. The van der Waals surface area contributed by atoms with Gasteiger partial charge in [0.2, 0.25) is 5.91 Å². The van der Waals surface area contributed by atoms with Crippen LogP contribution in [0.4, 0.5) is 0 Å². The maximum absolute atomic E-state index is 11.9. The Morgan fingerprint density at radius 2 is 1.76 bits per heavy atom. The molecular formula is C21H23N3O4S. The van der Waals surface area contributed by atoms with Gasteiger partial charge in [0.05, 0.1) is 6.61 Å². The molecule has 3 N–H and O–H groups in total. The maximum atomic E-state index is 11.9. The molecule has 8 heteroatoms.